The van der Waals surface area contributed by atoms with E-state index in [2.05, 4.69) is 5.32 Å². The highest BCUT2D eigenvalue weighted by Gasteiger charge is 2.51. The molecule has 0 aromatic heterocycles. The number of benzene rings is 2. The molecule has 2 aromatic carbocycles. The topological polar surface area (TPSA) is 85.4 Å². The highest BCUT2D eigenvalue weighted by molar-refractivity contribution is 5.91. The summed E-state index contributed by atoms with van der Waals surface area (Å²) < 4.78 is 18.5. The summed E-state index contributed by atoms with van der Waals surface area (Å²) in [5.41, 5.74) is 1.81. The maximum Gasteiger partial charge on any atom is 0.334 e. The number of halogens is 1. The zero-order valence-corrected chi connectivity index (χ0v) is 21.7. The second kappa shape index (κ2) is 11.2. The number of ether oxygens (including phenoxy) is 1. The Morgan fingerprint density at radius 1 is 1.08 bits per heavy atom. The predicted molar refractivity (Wildman–Crippen MR) is 136 cm³/mol. The molecular formula is C27H34FN5O4. The van der Waals surface area contributed by atoms with Crippen LogP contribution < -0.4 is 10.1 Å². The zero-order chi connectivity index (χ0) is 26.7. The Kier molecular flexibility index (Phi) is 7.97. The van der Waals surface area contributed by atoms with Gasteiger partial charge in [-0.1, -0.05) is 38.1 Å². The number of likely N-dealkylation sites (N-methyl/N-ethyl adjacent to an activating group) is 1. The van der Waals surface area contributed by atoms with E-state index in [1.807, 2.05) is 38.1 Å². The van der Waals surface area contributed by atoms with Crippen LogP contribution in [0.5, 0.6) is 5.75 Å². The Morgan fingerprint density at radius 3 is 2.35 bits per heavy atom. The van der Waals surface area contributed by atoms with Crippen LogP contribution in [-0.4, -0.2) is 83.7 Å². The molecule has 2 saturated heterocycles. The summed E-state index contributed by atoms with van der Waals surface area (Å²) >= 11 is 0. The lowest BCUT2D eigenvalue weighted by molar-refractivity contribution is -0.189. The summed E-state index contributed by atoms with van der Waals surface area (Å²) in [6.45, 7) is 4.69. The molecule has 9 nitrogen and oxygen atoms in total. The number of piperazine rings is 1. The van der Waals surface area contributed by atoms with Crippen LogP contribution in [0.15, 0.2) is 48.5 Å². The first kappa shape index (κ1) is 26.4. The third-order valence-corrected chi connectivity index (χ3v) is 6.90. The van der Waals surface area contributed by atoms with Gasteiger partial charge in [0.2, 0.25) is 11.8 Å². The monoisotopic (exact) mass is 511 g/mol. The average molecular weight is 512 g/mol. The number of amides is 4. The molecule has 0 saturated carbocycles. The van der Waals surface area contributed by atoms with Crippen LogP contribution in [0.1, 0.15) is 25.0 Å². The molecule has 1 N–H and O–H groups in total. The van der Waals surface area contributed by atoms with E-state index in [1.165, 1.54) is 17.1 Å². The number of hydrogen-bond donors (Lipinski definition) is 1. The molecule has 4 rings (SSSR count). The molecular weight excluding hydrogens is 477 g/mol. The molecule has 37 heavy (non-hydrogen) atoms. The van der Waals surface area contributed by atoms with E-state index in [9.17, 15) is 18.8 Å². The third-order valence-electron chi connectivity index (χ3n) is 6.90. The van der Waals surface area contributed by atoms with Crippen molar-refractivity contribution in [3.63, 3.8) is 0 Å². The number of carbonyl (C=O) groups excluding carboxylic acids is 3. The number of fused-ring (bicyclic) bond motifs is 1. The SMILES string of the molecule is COc1ccc(CCN2C[C@H]3N(C(=O)CN(C)N3C(=O)NCc3ccc(F)cc3)[C@@H](C(C)C)C2=O)cc1. The van der Waals surface area contributed by atoms with Gasteiger partial charge in [-0.05, 0) is 47.7 Å². The molecule has 2 atom stereocenters. The number of nitrogens with one attached hydrogen (secondary N) is 1. The van der Waals surface area contributed by atoms with Crippen LogP contribution in [-0.2, 0) is 22.6 Å². The van der Waals surface area contributed by atoms with Crippen molar-refractivity contribution < 1.29 is 23.5 Å². The number of nitrogens with zero attached hydrogens (tertiary/aromatic N) is 4. The molecule has 10 heteroatoms. The molecule has 0 spiro atoms. The lowest BCUT2D eigenvalue weighted by Gasteiger charge is -2.55. The Balaban J connectivity index is 1.54. The fraction of sp³-hybridized carbons (Fsp3) is 0.444. The molecule has 2 heterocycles. The highest BCUT2D eigenvalue weighted by atomic mass is 19.1. The molecule has 2 aliphatic rings. The standard InChI is InChI=1S/C27H34FN5O4/c1-18(2)25-26(35)31(14-13-19-7-11-22(37-4)12-8-19)16-23-32(25)24(34)17-30(3)33(23)27(36)29-15-20-5-9-21(28)10-6-20/h5-12,18,23,25H,13-17H2,1-4H3,(H,29,36)/t23-,25-/m0/s1. The van der Waals surface area contributed by atoms with Crippen molar-refractivity contribution in [3.05, 3.63) is 65.5 Å². The van der Waals surface area contributed by atoms with E-state index >= 15 is 0 Å². The zero-order valence-electron chi connectivity index (χ0n) is 21.7. The van der Waals surface area contributed by atoms with Crippen molar-refractivity contribution in [1.82, 2.24) is 25.1 Å². The number of methoxy groups -OCH3 is 1. The number of carbonyl (C=O) groups is 3. The smallest absolute Gasteiger partial charge is 0.334 e. The predicted octanol–water partition coefficient (Wildman–Crippen LogP) is 2.47. The molecule has 0 radical (unpaired) electrons. The van der Waals surface area contributed by atoms with Gasteiger partial charge in [-0.25, -0.2) is 19.2 Å². The van der Waals surface area contributed by atoms with Crippen LogP contribution >= 0.6 is 0 Å². The molecule has 198 valence electrons. The average Bonchev–Trinajstić information content (AvgIpc) is 2.87. The molecule has 2 aromatic rings. The Morgan fingerprint density at radius 2 is 1.73 bits per heavy atom. The normalized spacial score (nSPS) is 20.3. The van der Waals surface area contributed by atoms with Gasteiger partial charge >= 0.3 is 6.03 Å². The summed E-state index contributed by atoms with van der Waals surface area (Å²) in [6, 6.07) is 12.6. The molecule has 0 unspecified atom stereocenters. The van der Waals surface area contributed by atoms with Gasteiger partial charge in [0.05, 0.1) is 20.2 Å². The van der Waals surface area contributed by atoms with Gasteiger partial charge in [-0.15, -0.1) is 0 Å². The molecule has 2 aliphatic heterocycles. The lowest BCUT2D eigenvalue weighted by Crippen LogP contribution is -2.76. The van der Waals surface area contributed by atoms with E-state index < -0.39 is 12.2 Å². The van der Waals surface area contributed by atoms with Crippen LogP contribution in [0.25, 0.3) is 0 Å². The Bertz CT molecular complexity index is 1120. The fourth-order valence-corrected chi connectivity index (χ4v) is 4.98. The first-order valence-corrected chi connectivity index (χ1v) is 12.4. The second-order valence-electron chi connectivity index (χ2n) is 9.80. The first-order chi connectivity index (χ1) is 17.7. The van der Waals surface area contributed by atoms with E-state index in [0.717, 1.165) is 16.9 Å². The van der Waals surface area contributed by atoms with Gasteiger partial charge < -0.3 is 19.9 Å². The maximum atomic E-state index is 13.5. The van der Waals surface area contributed by atoms with Crippen LogP contribution in [0, 0.1) is 11.7 Å². The van der Waals surface area contributed by atoms with Crippen molar-refractivity contribution in [2.75, 3.05) is 33.8 Å². The largest absolute Gasteiger partial charge is 0.497 e. The Labute approximate surface area is 216 Å². The van der Waals surface area contributed by atoms with Gasteiger partial charge in [0.15, 0.2) is 0 Å². The summed E-state index contributed by atoms with van der Waals surface area (Å²) in [7, 11) is 3.30. The van der Waals surface area contributed by atoms with Gasteiger partial charge in [0.25, 0.3) is 0 Å². The van der Waals surface area contributed by atoms with Gasteiger partial charge in [-0.3, -0.25) is 9.59 Å². The number of hydrazine groups is 1. The minimum atomic E-state index is -0.664. The van der Waals surface area contributed by atoms with E-state index in [0.29, 0.717) is 13.0 Å². The van der Waals surface area contributed by atoms with Crippen molar-refractivity contribution >= 4 is 17.8 Å². The van der Waals surface area contributed by atoms with Gasteiger partial charge in [-0.2, -0.15) is 0 Å². The van der Waals surface area contributed by atoms with Crippen molar-refractivity contribution in [2.45, 2.75) is 39.0 Å². The van der Waals surface area contributed by atoms with Gasteiger partial charge in [0.1, 0.15) is 23.8 Å². The number of hydrogen-bond acceptors (Lipinski definition) is 5. The summed E-state index contributed by atoms with van der Waals surface area (Å²) in [5, 5.41) is 5.99. The number of rotatable bonds is 7. The molecule has 4 amide bonds. The van der Waals surface area contributed by atoms with E-state index in [1.54, 1.807) is 41.1 Å². The van der Waals surface area contributed by atoms with Crippen LogP contribution in [0.2, 0.25) is 0 Å². The first-order valence-electron chi connectivity index (χ1n) is 12.4. The maximum absolute atomic E-state index is 13.5. The number of urea groups is 1. The summed E-state index contributed by atoms with van der Waals surface area (Å²) in [6.07, 6.45) is -0.00573. The summed E-state index contributed by atoms with van der Waals surface area (Å²) in [4.78, 5) is 43.4. The molecule has 0 aliphatic carbocycles. The van der Waals surface area contributed by atoms with E-state index in [4.69, 9.17) is 4.74 Å². The van der Waals surface area contributed by atoms with Crippen molar-refractivity contribution in [2.24, 2.45) is 5.92 Å². The highest BCUT2D eigenvalue weighted by Crippen LogP contribution is 2.29. The minimum Gasteiger partial charge on any atom is -0.497 e. The van der Waals surface area contributed by atoms with Crippen LogP contribution in [0.3, 0.4) is 0 Å². The molecule has 0 bridgehead atoms. The van der Waals surface area contributed by atoms with Gasteiger partial charge in [0, 0.05) is 20.1 Å². The lowest BCUT2D eigenvalue weighted by atomic mass is 9.96. The minimum absolute atomic E-state index is 0.0111. The quantitative estimate of drug-likeness (QED) is 0.618. The van der Waals surface area contributed by atoms with Crippen molar-refractivity contribution in [3.8, 4) is 5.75 Å². The molecule has 2 fully saturated rings. The Hall–Kier alpha value is -3.66. The van der Waals surface area contributed by atoms with E-state index in [-0.39, 0.29) is 49.2 Å². The second-order valence-corrected chi connectivity index (χ2v) is 9.80. The van der Waals surface area contributed by atoms with Crippen LogP contribution in [0.4, 0.5) is 9.18 Å². The fourth-order valence-electron chi connectivity index (χ4n) is 4.98. The van der Waals surface area contributed by atoms with Crippen molar-refractivity contribution in [1.29, 1.82) is 0 Å². The third kappa shape index (κ3) is 5.69. The summed E-state index contributed by atoms with van der Waals surface area (Å²) in [5.74, 6) is -0.00257.